The third-order valence-electron chi connectivity index (χ3n) is 2.75. The van der Waals surface area contributed by atoms with E-state index < -0.39 is 0 Å². The van der Waals surface area contributed by atoms with Gasteiger partial charge in [0, 0.05) is 0 Å². The van der Waals surface area contributed by atoms with Gasteiger partial charge >= 0.3 is 0 Å². The monoisotopic (exact) mass is 204 g/mol. The van der Waals surface area contributed by atoms with Crippen LogP contribution in [0, 0.1) is 0 Å². The standard InChI is InChI=1S/C13H16O2/c1-2-3-8-15-11-5-6-12-10(9-11)4-7-13(12)14/h2,5-6,9,13-14H,1,3-4,7-8H2/t13-/m0/s1. The second-order valence-corrected chi connectivity index (χ2v) is 3.84. The van der Waals surface area contributed by atoms with E-state index in [2.05, 4.69) is 6.58 Å². The average Bonchev–Trinajstić information content (AvgIpc) is 2.61. The molecule has 0 amide bonds. The van der Waals surface area contributed by atoms with E-state index in [4.69, 9.17) is 4.74 Å². The number of hydrogen-bond donors (Lipinski definition) is 1. The van der Waals surface area contributed by atoms with Gasteiger partial charge in [0.25, 0.3) is 0 Å². The largest absolute Gasteiger partial charge is 0.493 e. The first kappa shape index (κ1) is 10.2. The van der Waals surface area contributed by atoms with Gasteiger partial charge in [0.05, 0.1) is 12.7 Å². The van der Waals surface area contributed by atoms with Crippen LogP contribution in [0.15, 0.2) is 30.9 Å². The molecule has 1 N–H and O–H groups in total. The van der Waals surface area contributed by atoms with Crippen molar-refractivity contribution in [2.75, 3.05) is 6.61 Å². The molecule has 1 aromatic rings. The van der Waals surface area contributed by atoms with E-state index in [1.807, 2.05) is 24.3 Å². The number of benzene rings is 1. The van der Waals surface area contributed by atoms with E-state index in [0.717, 1.165) is 30.6 Å². The second-order valence-electron chi connectivity index (χ2n) is 3.84. The summed E-state index contributed by atoms with van der Waals surface area (Å²) in [5, 5.41) is 9.63. The molecule has 2 rings (SSSR count). The maximum absolute atomic E-state index is 9.63. The molecule has 0 saturated carbocycles. The lowest BCUT2D eigenvalue weighted by atomic mass is 10.1. The van der Waals surface area contributed by atoms with Crippen molar-refractivity contribution >= 4 is 0 Å². The molecule has 15 heavy (non-hydrogen) atoms. The third-order valence-corrected chi connectivity index (χ3v) is 2.75. The van der Waals surface area contributed by atoms with Crippen molar-refractivity contribution in [1.29, 1.82) is 0 Å². The molecule has 0 fully saturated rings. The summed E-state index contributed by atoms with van der Waals surface area (Å²) >= 11 is 0. The molecule has 2 heteroatoms. The zero-order valence-electron chi connectivity index (χ0n) is 8.78. The lowest BCUT2D eigenvalue weighted by Gasteiger charge is -2.07. The molecule has 0 radical (unpaired) electrons. The van der Waals surface area contributed by atoms with Gasteiger partial charge in [-0.1, -0.05) is 12.1 Å². The topological polar surface area (TPSA) is 29.5 Å². The molecule has 80 valence electrons. The van der Waals surface area contributed by atoms with Gasteiger partial charge in [0.15, 0.2) is 0 Å². The van der Waals surface area contributed by atoms with Gasteiger partial charge in [-0.05, 0) is 42.5 Å². The van der Waals surface area contributed by atoms with Gasteiger partial charge in [-0.25, -0.2) is 0 Å². The van der Waals surface area contributed by atoms with Gasteiger partial charge in [-0.3, -0.25) is 0 Å². The lowest BCUT2D eigenvalue weighted by Crippen LogP contribution is -1.96. The van der Waals surface area contributed by atoms with Crippen LogP contribution in [0.5, 0.6) is 5.75 Å². The maximum Gasteiger partial charge on any atom is 0.119 e. The Hall–Kier alpha value is -1.28. The van der Waals surface area contributed by atoms with E-state index in [-0.39, 0.29) is 6.10 Å². The van der Waals surface area contributed by atoms with Crippen molar-refractivity contribution in [1.82, 2.24) is 0 Å². The molecule has 0 spiro atoms. The first-order valence-corrected chi connectivity index (χ1v) is 5.36. The molecule has 0 unspecified atom stereocenters. The molecular formula is C13H16O2. The Bertz CT molecular complexity index is 358. The predicted molar refractivity (Wildman–Crippen MR) is 60.0 cm³/mol. The van der Waals surface area contributed by atoms with E-state index in [9.17, 15) is 5.11 Å². The van der Waals surface area contributed by atoms with Crippen molar-refractivity contribution in [2.24, 2.45) is 0 Å². The summed E-state index contributed by atoms with van der Waals surface area (Å²) in [6.07, 6.45) is 4.22. The lowest BCUT2D eigenvalue weighted by molar-refractivity contribution is 0.180. The smallest absolute Gasteiger partial charge is 0.119 e. The normalized spacial score (nSPS) is 18.6. The SMILES string of the molecule is C=CCCOc1ccc2c(c1)CC[C@@H]2O. The number of ether oxygens (including phenoxy) is 1. The molecule has 0 saturated heterocycles. The van der Waals surface area contributed by atoms with Crippen molar-refractivity contribution in [2.45, 2.75) is 25.4 Å². The summed E-state index contributed by atoms with van der Waals surface area (Å²) in [4.78, 5) is 0. The van der Waals surface area contributed by atoms with E-state index in [1.165, 1.54) is 5.56 Å². The fraction of sp³-hybridized carbons (Fsp3) is 0.385. The van der Waals surface area contributed by atoms with Crippen LogP contribution in [-0.4, -0.2) is 11.7 Å². The summed E-state index contributed by atoms with van der Waals surface area (Å²) in [7, 11) is 0. The quantitative estimate of drug-likeness (QED) is 0.603. The molecular weight excluding hydrogens is 188 g/mol. The van der Waals surface area contributed by atoms with Crippen molar-refractivity contribution in [3.8, 4) is 5.75 Å². The van der Waals surface area contributed by atoms with Crippen molar-refractivity contribution in [3.05, 3.63) is 42.0 Å². The summed E-state index contributed by atoms with van der Waals surface area (Å²) in [6.45, 7) is 4.32. The molecule has 1 aliphatic rings. The summed E-state index contributed by atoms with van der Waals surface area (Å²) in [6, 6.07) is 5.93. The fourth-order valence-corrected chi connectivity index (χ4v) is 1.92. The highest BCUT2D eigenvalue weighted by Gasteiger charge is 2.20. The van der Waals surface area contributed by atoms with E-state index >= 15 is 0 Å². The third kappa shape index (κ3) is 2.21. The fourth-order valence-electron chi connectivity index (χ4n) is 1.92. The van der Waals surface area contributed by atoms with Crippen LogP contribution < -0.4 is 4.74 Å². The molecule has 0 aromatic heterocycles. The van der Waals surface area contributed by atoms with Crippen molar-refractivity contribution in [3.63, 3.8) is 0 Å². The minimum Gasteiger partial charge on any atom is -0.493 e. The molecule has 0 heterocycles. The van der Waals surface area contributed by atoms with Crippen LogP contribution in [0.25, 0.3) is 0 Å². The van der Waals surface area contributed by atoms with Crippen LogP contribution in [0.2, 0.25) is 0 Å². The number of fused-ring (bicyclic) bond motifs is 1. The van der Waals surface area contributed by atoms with Crippen LogP contribution in [0.1, 0.15) is 30.1 Å². The minimum atomic E-state index is -0.276. The zero-order chi connectivity index (χ0) is 10.7. The minimum absolute atomic E-state index is 0.276. The van der Waals surface area contributed by atoms with Crippen LogP contribution in [-0.2, 0) is 6.42 Å². The van der Waals surface area contributed by atoms with Gasteiger partial charge in [0.1, 0.15) is 5.75 Å². The molecule has 1 atom stereocenters. The second kappa shape index (κ2) is 4.49. The predicted octanol–water partition coefficient (Wildman–Crippen LogP) is 2.62. The molecule has 1 aliphatic carbocycles. The Kier molecular flexibility index (Phi) is 3.07. The molecule has 0 bridgehead atoms. The molecule has 0 aliphatic heterocycles. The van der Waals surface area contributed by atoms with Crippen molar-refractivity contribution < 1.29 is 9.84 Å². The van der Waals surface area contributed by atoms with Gasteiger partial charge in [0.2, 0.25) is 0 Å². The number of rotatable bonds is 4. The highest BCUT2D eigenvalue weighted by Crippen LogP contribution is 2.33. The number of aliphatic hydroxyl groups excluding tert-OH is 1. The molecule has 1 aromatic carbocycles. The number of hydrogen-bond acceptors (Lipinski definition) is 2. The van der Waals surface area contributed by atoms with Gasteiger partial charge in [-0.2, -0.15) is 0 Å². The Balaban J connectivity index is 2.06. The first-order chi connectivity index (χ1) is 7.31. The van der Waals surface area contributed by atoms with Crippen LogP contribution in [0.4, 0.5) is 0 Å². The summed E-state index contributed by atoms with van der Waals surface area (Å²) in [5.74, 6) is 0.893. The maximum atomic E-state index is 9.63. The van der Waals surface area contributed by atoms with Crippen LogP contribution >= 0.6 is 0 Å². The highest BCUT2D eigenvalue weighted by molar-refractivity contribution is 5.39. The Morgan fingerprint density at radius 1 is 1.53 bits per heavy atom. The van der Waals surface area contributed by atoms with Crippen LogP contribution in [0.3, 0.4) is 0 Å². The Morgan fingerprint density at radius 3 is 3.20 bits per heavy atom. The molecule has 2 nitrogen and oxygen atoms in total. The number of aliphatic hydroxyl groups is 1. The number of aryl methyl sites for hydroxylation is 1. The van der Waals surface area contributed by atoms with E-state index in [0.29, 0.717) is 6.61 Å². The van der Waals surface area contributed by atoms with Gasteiger partial charge in [-0.15, -0.1) is 6.58 Å². The van der Waals surface area contributed by atoms with E-state index in [1.54, 1.807) is 0 Å². The average molecular weight is 204 g/mol. The first-order valence-electron chi connectivity index (χ1n) is 5.36. The summed E-state index contributed by atoms with van der Waals surface area (Å²) in [5.41, 5.74) is 2.28. The highest BCUT2D eigenvalue weighted by atomic mass is 16.5. The van der Waals surface area contributed by atoms with Gasteiger partial charge < -0.3 is 9.84 Å². The Morgan fingerprint density at radius 2 is 2.40 bits per heavy atom. The Labute approximate surface area is 90.2 Å². The zero-order valence-corrected chi connectivity index (χ0v) is 8.78. The summed E-state index contributed by atoms with van der Waals surface area (Å²) < 4.78 is 5.55.